The summed E-state index contributed by atoms with van der Waals surface area (Å²) < 4.78 is 5.69. The lowest BCUT2D eigenvalue weighted by Crippen LogP contribution is -2.56. The van der Waals surface area contributed by atoms with E-state index in [-0.39, 0.29) is 5.91 Å². The van der Waals surface area contributed by atoms with Crippen LogP contribution in [0.2, 0.25) is 0 Å². The van der Waals surface area contributed by atoms with E-state index >= 15 is 0 Å². The molecule has 2 saturated heterocycles. The molecule has 3 rings (SSSR count). The van der Waals surface area contributed by atoms with Gasteiger partial charge in [0.05, 0.1) is 0 Å². The van der Waals surface area contributed by atoms with E-state index in [9.17, 15) is 4.79 Å². The first-order valence-corrected chi connectivity index (χ1v) is 8.83. The molecule has 23 heavy (non-hydrogen) atoms. The Hall–Kier alpha value is -1.39. The number of amides is 1. The minimum Gasteiger partial charge on any atom is -0.368 e. The van der Waals surface area contributed by atoms with Crippen molar-refractivity contribution in [3.05, 3.63) is 35.9 Å². The number of carbonyl (C=O) groups is 1. The quantitative estimate of drug-likeness (QED) is 0.926. The third-order valence-electron chi connectivity index (χ3n) is 5.46. The van der Waals surface area contributed by atoms with Crippen molar-refractivity contribution in [2.24, 2.45) is 5.92 Å². The molecule has 2 aliphatic rings. The first-order chi connectivity index (χ1) is 11.2. The zero-order chi connectivity index (χ0) is 16.1. The van der Waals surface area contributed by atoms with Gasteiger partial charge in [0.2, 0.25) is 0 Å². The van der Waals surface area contributed by atoms with Crippen molar-refractivity contribution in [1.29, 1.82) is 0 Å². The summed E-state index contributed by atoms with van der Waals surface area (Å²) in [6, 6.07) is 10.7. The van der Waals surface area contributed by atoms with Crippen molar-refractivity contribution in [3.8, 4) is 0 Å². The van der Waals surface area contributed by atoms with E-state index < -0.39 is 5.60 Å². The molecule has 4 heteroatoms. The van der Waals surface area contributed by atoms with Crippen LogP contribution in [-0.2, 0) is 16.0 Å². The number of hydrogen-bond donors (Lipinski definition) is 1. The molecule has 126 valence electrons. The highest BCUT2D eigenvalue weighted by Crippen LogP contribution is 2.28. The van der Waals surface area contributed by atoms with Crippen molar-refractivity contribution in [3.63, 3.8) is 0 Å². The number of likely N-dealkylation sites (tertiary alicyclic amines) is 1. The van der Waals surface area contributed by atoms with Gasteiger partial charge in [0.1, 0.15) is 5.60 Å². The molecule has 0 radical (unpaired) electrons. The third kappa shape index (κ3) is 3.75. The molecule has 1 aromatic carbocycles. The Bertz CT molecular complexity index is 503. The Morgan fingerprint density at radius 3 is 2.48 bits per heavy atom. The molecular formula is C19H28N2O2. The zero-order valence-corrected chi connectivity index (χ0v) is 14.1. The van der Waals surface area contributed by atoms with E-state index in [4.69, 9.17) is 4.74 Å². The summed E-state index contributed by atoms with van der Waals surface area (Å²) in [5, 5.41) is 3.32. The standard InChI is InChI=1S/C19H28N2O2/c1-23-19(9-11-20-12-10-19)18(22)21-13-7-17(8-14-21)15-16-5-3-2-4-6-16/h2-6,17,20H,7-15H2,1H3. The van der Waals surface area contributed by atoms with Crippen LogP contribution in [0, 0.1) is 5.92 Å². The van der Waals surface area contributed by atoms with Gasteiger partial charge in [-0.25, -0.2) is 0 Å². The summed E-state index contributed by atoms with van der Waals surface area (Å²) in [5.74, 6) is 0.896. The van der Waals surface area contributed by atoms with Gasteiger partial charge in [0.15, 0.2) is 0 Å². The molecule has 1 amide bonds. The minimum atomic E-state index is -0.586. The van der Waals surface area contributed by atoms with Crippen LogP contribution in [0.25, 0.3) is 0 Å². The lowest BCUT2D eigenvalue weighted by Gasteiger charge is -2.41. The third-order valence-corrected chi connectivity index (χ3v) is 5.46. The second-order valence-corrected chi connectivity index (χ2v) is 6.87. The van der Waals surface area contributed by atoms with Gasteiger partial charge in [0, 0.05) is 20.2 Å². The molecule has 0 saturated carbocycles. The van der Waals surface area contributed by atoms with Gasteiger partial charge in [0.25, 0.3) is 5.91 Å². The number of piperidine rings is 2. The number of carbonyl (C=O) groups excluding carboxylic acids is 1. The normalized spacial score (nSPS) is 22.0. The number of benzene rings is 1. The monoisotopic (exact) mass is 316 g/mol. The predicted molar refractivity (Wildman–Crippen MR) is 91.3 cm³/mol. The molecule has 1 aromatic rings. The van der Waals surface area contributed by atoms with Crippen LogP contribution in [0.15, 0.2) is 30.3 Å². The minimum absolute atomic E-state index is 0.208. The fraction of sp³-hybridized carbons (Fsp3) is 0.632. The van der Waals surface area contributed by atoms with Gasteiger partial charge in [-0.05, 0) is 56.7 Å². The number of rotatable bonds is 4. The summed E-state index contributed by atoms with van der Waals surface area (Å²) in [7, 11) is 1.69. The predicted octanol–water partition coefficient (Wildman–Crippen LogP) is 2.24. The highest BCUT2D eigenvalue weighted by atomic mass is 16.5. The average Bonchev–Trinajstić information content (AvgIpc) is 2.63. The SMILES string of the molecule is COC1(C(=O)N2CCC(Cc3ccccc3)CC2)CCNCC1. The Morgan fingerprint density at radius 1 is 1.22 bits per heavy atom. The molecule has 4 nitrogen and oxygen atoms in total. The lowest BCUT2D eigenvalue weighted by molar-refractivity contribution is -0.159. The second-order valence-electron chi connectivity index (χ2n) is 6.87. The first-order valence-electron chi connectivity index (χ1n) is 8.83. The molecule has 0 atom stereocenters. The van der Waals surface area contributed by atoms with E-state index in [0.29, 0.717) is 5.92 Å². The van der Waals surface area contributed by atoms with Crippen LogP contribution in [-0.4, -0.2) is 49.7 Å². The van der Waals surface area contributed by atoms with Gasteiger partial charge in [-0.1, -0.05) is 30.3 Å². The second kappa shape index (κ2) is 7.45. The summed E-state index contributed by atoms with van der Waals surface area (Å²) in [5.41, 5.74) is 0.821. The largest absolute Gasteiger partial charge is 0.368 e. The molecule has 2 aliphatic heterocycles. The van der Waals surface area contributed by atoms with Crippen LogP contribution in [0.5, 0.6) is 0 Å². The molecule has 2 fully saturated rings. The van der Waals surface area contributed by atoms with Crippen LogP contribution >= 0.6 is 0 Å². The molecule has 0 spiro atoms. The molecule has 0 aromatic heterocycles. The number of nitrogens with zero attached hydrogens (tertiary/aromatic N) is 1. The van der Waals surface area contributed by atoms with Crippen LogP contribution in [0.4, 0.5) is 0 Å². The van der Waals surface area contributed by atoms with E-state index in [2.05, 4.69) is 35.6 Å². The fourth-order valence-corrected chi connectivity index (χ4v) is 3.91. The molecule has 0 unspecified atom stereocenters. The average molecular weight is 316 g/mol. The van der Waals surface area contributed by atoms with Crippen molar-refractivity contribution in [2.75, 3.05) is 33.3 Å². The smallest absolute Gasteiger partial charge is 0.254 e. The Kier molecular flexibility index (Phi) is 5.34. The Labute approximate surface area is 139 Å². The Balaban J connectivity index is 1.55. The van der Waals surface area contributed by atoms with E-state index in [0.717, 1.165) is 58.3 Å². The van der Waals surface area contributed by atoms with Crippen molar-refractivity contribution in [2.45, 2.75) is 37.7 Å². The zero-order valence-electron chi connectivity index (χ0n) is 14.1. The maximum absolute atomic E-state index is 12.9. The van der Waals surface area contributed by atoms with Crippen LogP contribution < -0.4 is 5.32 Å². The molecule has 0 bridgehead atoms. The number of nitrogens with one attached hydrogen (secondary N) is 1. The first kappa shape index (κ1) is 16.5. The topological polar surface area (TPSA) is 41.6 Å². The van der Waals surface area contributed by atoms with E-state index in [1.165, 1.54) is 5.56 Å². The highest BCUT2D eigenvalue weighted by molar-refractivity contribution is 5.85. The van der Waals surface area contributed by atoms with E-state index in [1.54, 1.807) is 7.11 Å². The summed E-state index contributed by atoms with van der Waals surface area (Å²) in [6.45, 7) is 3.47. The highest BCUT2D eigenvalue weighted by Gasteiger charge is 2.43. The van der Waals surface area contributed by atoms with Crippen LogP contribution in [0.3, 0.4) is 0 Å². The molecule has 2 heterocycles. The lowest BCUT2D eigenvalue weighted by atomic mass is 9.87. The maximum atomic E-state index is 12.9. The summed E-state index contributed by atoms with van der Waals surface area (Å²) in [6.07, 6.45) is 4.89. The molecule has 0 aliphatic carbocycles. The van der Waals surface area contributed by atoms with Crippen LogP contribution in [0.1, 0.15) is 31.2 Å². The fourth-order valence-electron chi connectivity index (χ4n) is 3.91. The summed E-state index contributed by atoms with van der Waals surface area (Å²) in [4.78, 5) is 15.0. The summed E-state index contributed by atoms with van der Waals surface area (Å²) >= 11 is 0. The number of hydrogen-bond acceptors (Lipinski definition) is 3. The molecular weight excluding hydrogens is 288 g/mol. The molecule has 1 N–H and O–H groups in total. The Morgan fingerprint density at radius 2 is 1.87 bits per heavy atom. The number of methoxy groups -OCH3 is 1. The van der Waals surface area contributed by atoms with Gasteiger partial charge < -0.3 is 15.0 Å². The van der Waals surface area contributed by atoms with Crippen molar-refractivity contribution in [1.82, 2.24) is 10.2 Å². The number of ether oxygens (including phenoxy) is 1. The van der Waals surface area contributed by atoms with Gasteiger partial charge in [-0.2, -0.15) is 0 Å². The maximum Gasteiger partial charge on any atom is 0.254 e. The van der Waals surface area contributed by atoms with Crippen molar-refractivity contribution < 1.29 is 9.53 Å². The van der Waals surface area contributed by atoms with Gasteiger partial charge in [-0.3, -0.25) is 4.79 Å². The van der Waals surface area contributed by atoms with E-state index in [1.807, 2.05) is 4.90 Å². The van der Waals surface area contributed by atoms with Gasteiger partial charge in [-0.15, -0.1) is 0 Å². The van der Waals surface area contributed by atoms with Crippen molar-refractivity contribution >= 4 is 5.91 Å². The van der Waals surface area contributed by atoms with Gasteiger partial charge >= 0.3 is 0 Å².